The third-order valence-corrected chi connectivity index (χ3v) is 3.95. The van der Waals surface area contributed by atoms with Crippen molar-refractivity contribution < 1.29 is 28.8 Å². The van der Waals surface area contributed by atoms with Crippen LogP contribution < -0.4 is 15.4 Å². The fourth-order valence-electron chi connectivity index (χ4n) is 2.48. The summed E-state index contributed by atoms with van der Waals surface area (Å²) < 4.78 is 9.64. The monoisotopic (exact) mass is 415 g/mol. The zero-order valence-corrected chi connectivity index (χ0v) is 16.5. The minimum absolute atomic E-state index is 0.0519. The molecular weight excluding hydrogens is 394 g/mol. The van der Waals surface area contributed by atoms with Crippen LogP contribution in [0.15, 0.2) is 42.5 Å². The fraction of sp³-hybridized carbons (Fsp3) is 0.250. The summed E-state index contributed by atoms with van der Waals surface area (Å²) in [6.45, 7) is 1.76. The van der Waals surface area contributed by atoms with Gasteiger partial charge in [-0.15, -0.1) is 0 Å². The van der Waals surface area contributed by atoms with Gasteiger partial charge in [0.25, 0.3) is 5.91 Å². The summed E-state index contributed by atoms with van der Waals surface area (Å²) in [5.41, 5.74) is 0.941. The minimum Gasteiger partial charge on any atom is -0.487 e. The van der Waals surface area contributed by atoms with E-state index in [1.165, 1.54) is 19.2 Å². The molecule has 2 rings (SSSR count). The lowest BCUT2D eigenvalue weighted by atomic mass is 10.1. The van der Waals surface area contributed by atoms with Gasteiger partial charge in [0.1, 0.15) is 6.54 Å². The van der Waals surface area contributed by atoms with Crippen LogP contribution in [0.25, 0.3) is 0 Å². The molecule has 0 radical (unpaired) electrons. The van der Waals surface area contributed by atoms with Crippen LogP contribution in [0.3, 0.4) is 0 Å². The van der Waals surface area contributed by atoms with E-state index in [0.29, 0.717) is 11.3 Å². The summed E-state index contributed by atoms with van der Waals surface area (Å²) in [5, 5.41) is 16.3. The fourth-order valence-corrected chi connectivity index (χ4v) is 2.48. The highest BCUT2D eigenvalue weighted by Gasteiger charge is 2.18. The normalized spacial score (nSPS) is 10.1. The van der Waals surface area contributed by atoms with Crippen molar-refractivity contribution in [1.82, 2.24) is 5.32 Å². The number of benzene rings is 2. The van der Waals surface area contributed by atoms with Gasteiger partial charge in [-0.1, -0.05) is 12.1 Å². The molecule has 0 heterocycles. The van der Waals surface area contributed by atoms with Crippen LogP contribution in [0, 0.1) is 10.1 Å². The van der Waals surface area contributed by atoms with Crippen molar-refractivity contribution in [1.29, 1.82) is 0 Å². The molecule has 0 fully saturated rings. The molecule has 0 aliphatic rings. The van der Waals surface area contributed by atoms with Gasteiger partial charge in [0.2, 0.25) is 5.91 Å². The Balaban J connectivity index is 2.00. The molecule has 0 aliphatic heterocycles. The number of nitrogens with one attached hydrogen (secondary N) is 2. The predicted octanol–water partition coefficient (Wildman–Crippen LogP) is 2.08. The van der Waals surface area contributed by atoms with Gasteiger partial charge in [-0.2, -0.15) is 0 Å². The number of carbonyl (C=O) groups excluding carboxylic acids is 3. The van der Waals surface area contributed by atoms with Crippen LogP contribution in [0.2, 0.25) is 0 Å². The third-order valence-electron chi connectivity index (χ3n) is 3.95. The number of nitrogens with zero attached hydrogens (tertiary/aromatic N) is 1. The first-order valence-corrected chi connectivity index (χ1v) is 8.99. The van der Waals surface area contributed by atoms with E-state index < -0.39 is 16.8 Å². The Bertz CT molecular complexity index is 942. The van der Waals surface area contributed by atoms with Crippen LogP contribution in [0.5, 0.6) is 5.75 Å². The maximum atomic E-state index is 12.4. The summed E-state index contributed by atoms with van der Waals surface area (Å²) in [6, 6.07) is 10.5. The molecular formula is C20H21N3O7. The number of ether oxygens (including phenoxy) is 2. The lowest BCUT2D eigenvalue weighted by molar-refractivity contribution is -0.385. The van der Waals surface area contributed by atoms with Gasteiger partial charge in [-0.3, -0.25) is 24.5 Å². The topological polar surface area (TPSA) is 137 Å². The van der Waals surface area contributed by atoms with Gasteiger partial charge < -0.3 is 20.1 Å². The second kappa shape index (κ2) is 10.6. The zero-order chi connectivity index (χ0) is 22.1. The lowest BCUT2D eigenvalue weighted by Crippen LogP contribution is -2.31. The smallest absolute Gasteiger partial charge is 0.325 e. The second-order valence-electron chi connectivity index (χ2n) is 6.05. The molecule has 0 saturated heterocycles. The van der Waals surface area contributed by atoms with E-state index in [9.17, 15) is 24.5 Å². The Morgan fingerprint density at radius 1 is 1.10 bits per heavy atom. The Labute approximate surface area is 172 Å². The van der Waals surface area contributed by atoms with Crippen LogP contribution in [-0.2, 0) is 20.7 Å². The molecule has 0 aromatic heterocycles. The van der Waals surface area contributed by atoms with E-state index in [1.54, 1.807) is 31.2 Å². The van der Waals surface area contributed by atoms with Gasteiger partial charge in [-0.05, 0) is 36.8 Å². The van der Waals surface area contributed by atoms with Gasteiger partial charge >= 0.3 is 11.7 Å². The Hall–Kier alpha value is -3.95. The number of hydrogen-bond acceptors (Lipinski definition) is 7. The van der Waals surface area contributed by atoms with Crippen molar-refractivity contribution in [2.45, 2.75) is 13.3 Å². The number of esters is 1. The van der Waals surface area contributed by atoms with Crippen molar-refractivity contribution in [2.75, 3.05) is 25.6 Å². The molecule has 2 aromatic rings. The maximum absolute atomic E-state index is 12.4. The average Bonchev–Trinajstić information content (AvgIpc) is 2.73. The quantitative estimate of drug-likeness (QED) is 0.363. The van der Waals surface area contributed by atoms with Crippen molar-refractivity contribution in [3.63, 3.8) is 0 Å². The SMILES string of the molecule is CCOc1ccc(C(=O)Nc2ccc(CC(=O)NCC(=O)OC)cc2)cc1[N+](=O)[O-]. The van der Waals surface area contributed by atoms with Crippen LogP contribution in [0.4, 0.5) is 11.4 Å². The number of hydrogen-bond donors (Lipinski definition) is 2. The lowest BCUT2D eigenvalue weighted by Gasteiger charge is -2.09. The molecule has 0 atom stereocenters. The number of carbonyl (C=O) groups is 3. The molecule has 2 N–H and O–H groups in total. The van der Waals surface area contributed by atoms with Crippen LogP contribution in [-0.4, -0.2) is 43.0 Å². The van der Waals surface area contributed by atoms with Crippen molar-refractivity contribution in [3.8, 4) is 5.75 Å². The zero-order valence-electron chi connectivity index (χ0n) is 16.5. The highest BCUT2D eigenvalue weighted by Crippen LogP contribution is 2.28. The Morgan fingerprint density at radius 3 is 2.40 bits per heavy atom. The summed E-state index contributed by atoms with van der Waals surface area (Å²) in [5.74, 6) is -1.33. The highest BCUT2D eigenvalue weighted by molar-refractivity contribution is 6.04. The van der Waals surface area contributed by atoms with Gasteiger partial charge in [-0.25, -0.2) is 0 Å². The first kappa shape index (κ1) is 22.3. The van der Waals surface area contributed by atoms with Crippen molar-refractivity contribution in [3.05, 3.63) is 63.7 Å². The number of anilines is 1. The third kappa shape index (κ3) is 6.30. The summed E-state index contributed by atoms with van der Waals surface area (Å²) >= 11 is 0. The van der Waals surface area contributed by atoms with E-state index in [1.807, 2.05) is 0 Å². The van der Waals surface area contributed by atoms with E-state index in [0.717, 1.165) is 6.07 Å². The average molecular weight is 415 g/mol. The molecule has 0 bridgehead atoms. The first-order valence-electron chi connectivity index (χ1n) is 8.99. The molecule has 0 aliphatic carbocycles. The van der Waals surface area contributed by atoms with Crippen molar-refractivity contribution in [2.24, 2.45) is 0 Å². The molecule has 0 saturated carbocycles. The Morgan fingerprint density at radius 2 is 1.80 bits per heavy atom. The van der Waals surface area contributed by atoms with Crippen molar-refractivity contribution >= 4 is 29.2 Å². The summed E-state index contributed by atoms with van der Waals surface area (Å²) in [4.78, 5) is 45.8. The standard InChI is InChI=1S/C20H21N3O7/c1-3-30-17-9-6-14(11-16(17)23(27)28)20(26)22-15-7-4-13(5-8-15)10-18(24)21-12-19(25)29-2/h4-9,11H,3,10,12H2,1-2H3,(H,21,24)(H,22,26). The highest BCUT2D eigenvalue weighted by atomic mass is 16.6. The van der Waals surface area contributed by atoms with E-state index >= 15 is 0 Å². The molecule has 2 amide bonds. The molecule has 0 spiro atoms. The molecule has 10 nitrogen and oxygen atoms in total. The summed E-state index contributed by atoms with van der Waals surface area (Å²) in [6.07, 6.45) is 0.0519. The molecule has 30 heavy (non-hydrogen) atoms. The summed E-state index contributed by atoms with van der Waals surface area (Å²) in [7, 11) is 1.23. The number of nitro benzene ring substituents is 1. The predicted molar refractivity (Wildman–Crippen MR) is 107 cm³/mol. The number of nitro groups is 1. The molecule has 158 valence electrons. The minimum atomic E-state index is -0.609. The van der Waals surface area contributed by atoms with Crippen LogP contribution >= 0.6 is 0 Å². The van der Waals surface area contributed by atoms with Gasteiger partial charge in [0.05, 0.1) is 25.1 Å². The molecule has 0 unspecified atom stereocenters. The number of amides is 2. The number of rotatable bonds is 9. The van der Waals surface area contributed by atoms with Crippen LogP contribution in [0.1, 0.15) is 22.8 Å². The largest absolute Gasteiger partial charge is 0.487 e. The molecule has 2 aromatic carbocycles. The first-order chi connectivity index (χ1) is 14.3. The molecule has 10 heteroatoms. The van der Waals surface area contributed by atoms with Gasteiger partial charge in [0.15, 0.2) is 5.75 Å². The maximum Gasteiger partial charge on any atom is 0.325 e. The van der Waals surface area contributed by atoms with E-state index in [4.69, 9.17) is 4.74 Å². The Kier molecular flexibility index (Phi) is 7.86. The number of methoxy groups -OCH3 is 1. The van der Waals surface area contributed by atoms with E-state index in [2.05, 4.69) is 15.4 Å². The van der Waals surface area contributed by atoms with Gasteiger partial charge in [0, 0.05) is 17.3 Å². The van der Waals surface area contributed by atoms with E-state index in [-0.39, 0.29) is 42.5 Å². The second-order valence-corrected chi connectivity index (χ2v) is 6.05.